The van der Waals surface area contributed by atoms with Crippen LogP contribution in [-0.4, -0.2) is 38.6 Å². The summed E-state index contributed by atoms with van der Waals surface area (Å²) in [7, 11) is 5.15. The van der Waals surface area contributed by atoms with Gasteiger partial charge in [0.1, 0.15) is 11.5 Å². The van der Waals surface area contributed by atoms with Gasteiger partial charge in [0.25, 0.3) is 0 Å². The molecule has 0 fully saturated rings. The smallest absolute Gasteiger partial charge is 0.223 e. The molecule has 0 aliphatic heterocycles. The summed E-state index contributed by atoms with van der Waals surface area (Å²) in [6, 6.07) is 26.3. The highest BCUT2D eigenvalue weighted by molar-refractivity contribution is 5.77. The van der Waals surface area contributed by atoms with Gasteiger partial charge in [-0.15, -0.1) is 0 Å². The Kier molecular flexibility index (Phi) is 7.50. The number of rotatable bonds is 9. The van der Waals surface area contributed by atoms with Gasteiger partial charge in [-0.1, -0.05) is 60.7 Å². The van der Waals surface area contributed by atoms with E-state index in [0.717, 1.165) is 34.6 Å². The molecule has 0 atom stereocenters. The Bertz CT molecular complexity index is 879. The molecule has 0 bridgehead atoms. The molecule has 4 nitrogen and oxygen atoms in total. The lowest BCUT2D eigenvalue weighted by molar-refractivity contribution is -0.130. The van der Waals surface area contributed by atoms with Crippen molar-refractivity contribution in [2.75, 3.05) is 27.8 Å². The molecule has 1 amide bonds. The number of hydrogen-bond acceptors (Lipinski definition) is 3. The van der Waals surface area contributed by atoms with Crippen molar-refractivity contribution < 1.29 is 14.3 Å². The van der Waals surface area contributed by atoms with E-state index in [1.54, 1.807) is 14.2 Å². The minimum Gasteiger partial charge on any atom is -0.497 e. The van der Waals surface area contributed by atoms with Gasteiger partial charge < -0.3 is 14.4 Å². The van der Waals surface area contributed by atoms with E-state index >= 15 is 0 Å². The second-order valence-electron chi connectivity index (χ2n) is 7.36. The van der Waals surface area contributed by atoms with Crippen LogP contribution < -0.4 is 9.47 Å². The van der Waals surface area contributed by atoms with Gasteiger partial charge in [-0.05, 0) is 35.2 Å². The lowest BCUT2D eigenvalue weighted by atomic mass is 9.88. The molecule has 3 aromatic rings. The van der Waals surface area contributed by atoms with Crippen molar-refractivity contribution >= 4 is 5.91 Å². The van der Waals surface area contributed by atoms with Gasteiger partial charge in [0.05, 0.1) is 14.2 Å². The third kappa shape index (κ3) is 5.63. The van der Waals surface area contributed by atoms with Crippen LogP contribution in [0, 0.1) is 0 Å². The maximum Gasteiger partial charge on any atom is 0.223 e. The van der Waals surface area contributed by atoms with Gasteiger partial charge in [-0.25, -0.2) is 0 Å². The molecule has 3 aromatic carbocycles. The van der Waals surface area contributed by atoms with Crippen LogP contribution in [0.4, 0.5) is 0 Å². The third-order valence-electron chi connectivity index (χ3n) is 5.36. The highest BCUT2D eigenvalue weighted by Gasteiger charge is 2.20. The summed E-state index contributed by atoms with van der Waals surface area (Å²) in [5.74, 6) is 1.68. The molecule has 0 saturated heterocycles. The summed E-state index contributed by atoms with van der Waals surface area (Å²) in [6.45, 7) is 0.630. The SMILES string of the molecule is COc1cc(CCN(C)C(=O)CC(c2ccccc2)c2ccccc2)cc(OC)c1. The molecular formula is C26H29NO3. The Balaban J connectivity index is 1.69. The summed E-state index contributed by atoms with van der Waals surface area (Å²) in [5, 5.41) is 0. The lowest BCUT2D eigenvalue weighted by Gasteiger charge is -2.23. The lowest BCUT2D eigenvalue weighted by Crippen LogP contribution is -2.30. The Morgan fingerprint density at radius 2 is 1.33 bits per heavy atom. The zero-order valence-electron chi connectivity index (χ0n) is 17.9. The standard InChI is InChI=1S/C26H29NO3/c1-27(15-14-20-16-23(29-2)18-24(17-20)30-3)26(28)19-25(21-10-6-4-7-11-21)22-12-8-5-9-13-22/h4-13,16-18,25H,14-15,19H2,1-3H3. The zero-order valence-corrected chi connectivity index (χ0v) is 17.9. The average molecular weight is 404 g/mol. The van der Waals surface area contributed by atoms with Crippen molar-refractivity contribution in [1.29, 1.82) is 0 Å². The summed E-state index contributed by atoms with van der Waals surface area (Å²) in [4.78, 5) is 14.9. The predicted molar refractivity (Wildman–Crippen MR) is 120 cm³/mol. The summed E-state index contributed by atoms with van der Waals surface area (Å²) >= 11 is 0. The van der Waals surface area contributed by atoms with Crippen LogP contribution >= 0.6 is 0 Å². The number of likely N-dealkylation sites (N-methyl/N-ethyl adjacent to an activating group) is 1. The monoisotopic (exact) mass is 403 g/mol. The van der Waals surface area contributed by atoms with Gasteiger partial charge in [-0.2, -0.15) is 0 Å². The van der Waals surface area contributed by atoms with Gasteiger partial charge in [0, 0.05) is 32.0 Å². The van der Waals surface area contributed by atoms with E-state index in [1.807, 2.05) is 66.5 Å². The van der Waals surface area contributed by atoms with Gasteiger partial charge in [0.2, 0.25) is 5.91 Å². The summed E-state index contributed by atoms with van der Waals surface area (Å²) in [6.07, 6.45) is 1.17. The average Bonchev–Trinajstić information content (AvgIpc) is 2.81. The quantitative estimate of drug-likeness (QED) is 0.509. The maximum atomic E-state index is 13.0. The molecule has 0 heterocycles. The molecule has 0 N–H and O–H groups in total. The second kappa shape index (κ2) is 10.5. The first-order valence-corrected chi connectivity index (χ1v) is 10.2. The van der Waals surface area contributed by atoms with Gasteiger partial charge >= 0.3 is 0 Å². The Hall–Kier alpha value is -3.27. The molecule has 156 valence electrons. The molecular weight excluding hydrogens is 374 g/mol. The van der Waals surface area contributed by atoms with E-state index in [-0.39, 0.29) is 11.8 Å². The van der Waals surface area contributed by atoms with Crippen molar-refractivity contribution in [2.45, 2.75) is 18.8 Å². The Labute approximate surface area is 179 Å². The molecule has 0 aromatic heterocycles. The molecule has 0 saturated carbocycles. The first-order valence-electron chi connectivity index (χ1n) is 10.2. The number of carbonyl (C=O) groups is 1. The maximum absolute atomic E-state index is 13.0. The highest BCUT2D eigenvalue weighted by atomic mass is 16.5. The largest absolute Gasteiger partial charge is 0.497 e. The second-order valence-corrected chi connectivity index (χ2v) is 7.36. The van der Waals surface area contributed by atoms with E-state index in [2.05, 4.69) is 24.3 Å². The van der Waals surface area contributed by atoms with Crippen molar-refractivity contribution in [3.63, 3.8) is 0 Å². The van der Waals surface area contributed by atoms with Crippen LogP contribution in [0.15, 0.2) is 78.9 Å². The number of ether oxygens (including phenoxy) is 2. The third-order valence-corrected chi connectivity index (χ3v) is 5.36. The molecule has 0 spiro atoms. The number of methoxy groups -OCH3 is 2. The number of carbonyl (C=O) groups excluding carboxylic acids is 1. The number of amides is 1. The van der Waals surface area contributed by atoms with Crippen LogP contribution in [0.3, 0.4) is 0 Å². The van der Waals surface area contributed by atoms with Gasteiger partial charge in [0.15, 0.2) is 0 Å². The molecule has 3 rings (SSSR count). The molecule has 0 aliphatic rings. The van der Waals surface area contributed by atoms with Gasteiger partial charge in [-0.3, -0.25) is 4.79 Å². The van der Waals surface area contributed by atoms with Crippen LogP contribution in [0.2, 0.25) is 0 Å². The number of benzene rings is 3. The first-order chi connectivity index (χ1) is 14.6. The molecule has 4 heteroatoms. The predicted octanol–water partition coefficient (Wildman–Crippen LogP) is 4.93. The number of hydrogen-bond donors (Lipinski definition) is 0. The molecule has 0 unspecified atom stereocenters. The van der Waals surface area contributed by atoms with Crippen LogP contribution in [0.1, 0.15) is 29.0 Å². The summed E-state index contributed by atoms with van der Waals surface area (Å²) < 4.78 is 10.7. The highest BCUT2D eigenvalue weighted by Crippen LogP contribution is 2.28. The van der Waals surface area contributed by atoms with Crippen LogP contribution in [-0.2, 0) is 11.2 Å². The fourth-order valence-electron chi connectivity index (χ4n) is 3.56. The normalized spacial score (nSPS) is 10.7. The molecule has 0 aliphatic carbocycles. The van der Waals surface area contributed by atoms with E-state index in [0.29, 0.717) is 13.0 Å². The van der Waals surface area contributed by atoms with Crippen molar-refractivity contribution in [2.24, 2.45) is 0 Å². The molecule has 0 radical (unpaired) electrons. The summed E-state index contributed by atoms with van der Waals surface area (Å²) in [5.41, 5.74) is 3.39. The van der Waals surface area contributed by atoms with Crippen LogP contribution in [0.25, 0.3) is 0 Å². The molecule has 30 heavy (non-hydrogen) atoms. The zero-order chi connectivity index (χ0) is 21.3. The number of nitrogens with zero attached hydrogens (tertiary/aromatic N) is 1. The van der Waals surface area contributed by atoms with E-state index in [9.17, 15) is 4.79 Å². The minimum atomic E-state index is 0.0410. The Morgan fingerprint density at radius 3 is 1.80 bits per heavy atom. The fourth-order valence-corrected chi connectivity index (χ4v) is 3.56. The Morgan fingerprint density at radius 1 is 0.833 bits per heavy atom. The first kappa shape index (κ1) is 21.4. The topological polar surface area (TPSA) is 38.8 Å². The van der Waals surface area contributed by atoms with Crippen LogP contribution in [0.5, 0.6) is 11.5 Å². The van der Waals surface area contributed by atoms with E-state index in [1.165, 1.54) is 0 Å². The van der Waals surface area contributed by atoms with E-state index in [4.69, 9.17) is 9.47 Å². The fraction of sp³-hybridized carbons (Fsp3) is 0.269. The minimum absolute atomic E-state index is 0.0410. The van der Waals surface area contributed by atoms with E-state index < -0.39 is 0 Å². The van der Waals surface area contributed by atoms with Crippen molar-refractivity contribution in [1.82, 2.24) is 4.90 Å². The van der Waals surface area contributed by atoms with Crippen molar-refractivity contribution in [3.8, 4) is 11.5 Å². The van der Waals surface area contributed by atoms with Crippen molar-refractivity contribution in [3.05, 3.63) is 95.6 Å².